The summed E-state index contributed by atoms with van der Waals surface area (Å²) in [6.07, 6.45) is 8.68. The van der Waals surface area contributed by atoms with E-state index < -0.39 is 0 Å². The lowest BCUT2D eigenvalue weighted by atomic mass is 9.81. The predicted molar refractivity (Wildman–Crippen MR) is 133 cm³/mol. The van der Waals surface area contributed by atoms with E-state index in [-0.39, 0.29) is 24.1 Å². The summed E-state index contributed by atoms with van der Waals surface area (Å²) in [4.78, 5) is 15.8. The highest BCUT2D eigenvalue weighted by Gasteiger charge is 2.31. The number of carbonyl (C=O) groups is 1. The Labute approximate surface area is 201 Å². The van der Waals surface area contributed by atoms with E-state index >= 15 is 0 Å². The maximum absolute atomic E-state index is 14.4. The zero-order chi connectivity index (χ0) is 22.1. The predicted octanol–water partition coefficient (Wildman–Crippen LogP) is 5.49. The Bertz CT molecular complexity index is 1130. The summed E-state index contributed by atoms with van der Waals surface area (Å²) in [5, 5.41) is 3.34. The first kappa shape index (κ1) is 23.8. The summed E-state index contributed by atoms with van der Waals surface area (Å²) in [5.74, 6) is 0.369. The molecule has 6 heteroatoms. The SMILES string of the molecule is Cc1c(F)cccc1Cc1c(C2CCCCC2)c2ccccn2c1C(=O)N1CCNCC1.Cl. The Kier molecular flexibility index (Phi) is 7.40. The Hall–Kier alpha value is -2.37. The van der Waals surface area contributed by atoms with E-state index in [0.29, 0.717) is 17.9 Å². The fourth-order valence-corrected chi connectivity index (χ4v) is 5.59. The van der Waals surface area contributed by atoms with Gasteiger partial charge in [-0.3, -0.25) is 4.79 Å². The first-order chi connectivity index (χ1) is 15.6. The lowest BCUT2D eigenvalue weighted by Crippen LogP contribution is -2.46. The third-order valence-corrected chi connectivity index (χ3v) is 7.36. The lowest BCUT2D eigenvalue weighted by Gasteiger charge is -2.28. The number of aromatic nitrogens is 1. The number of hydrogen-bond acceptors (Lipinski definition) is 2. The van der Waals surface area contributed by atoms with Crippen LogP contribution in [0.5, 0.6) is 0 Å². The van der Waals surface area contributed by atoms with Crippen LogP contribution in [0.2, 0.25) is 0 Å². The molecule has 33 heavy (non-hydrogen) atoms. The number of halogens is 2. The molecule has 1 saturated carbocycles. The number of nitrogens with one attached hydrogen (secondary N) is 1. The quantitative estimate of drug-likeness (QED) is 0.548. The van der Waals surface area contributed by atoms with E-state index in [1.807, 2.05) is 30.2 Å². The fourth-order valence-electron chi connectivity index (χ4n) is 5.59. The van der Waals surface area contributed by atoms with Gasteiger partial charge in [-0.2, -0.15) is 0 Å². The number of fused-ring (bicyclic) bond motifs is 1. The molecule has 1 aliphatic heterocycles. The molecular formula is C27H33ClFN3O. The highest BCUT2D eigenvalue weighted by atomic mass is 35.5. The molecule has 176 valence electrons. The molecule has 5 rings (SSSR count). The number of amides is 1. The van der Waals surface area contributed by atoms with Crippen LogP contribution >= 0.6 is 12.4 Å². The smallest absolute Gasteiger partial charge is 0.271 e. The molecule has 0 radical (unpaired) electrons. The lowest BCUT2D eigenvalue weighted by molar-refractivity contribution is 0.0728. The minimum absolute atomic E-state index is 0. The molecular weight excluding hydrogens is 437 g/mol. The van der Waals surface area contributed by atoms with Gasteiger partial charge in [0.2, 0.25) is 0 Å². The normalized spacial score (nSPS) is 17.2. The van der Waals surface area contributed by atoms with Gasteiger partial charge in [0.05, 0.1) is 0 Å². The van der Waals surface area contributed by atoms with Gasteiger partial charge in [-0.25, -0.2) is 4.39 Å². The van der Waals surface area contributed by atoms with Gasteiger partial charge < -0.3 is 14.6 Å². The number of pyridine rings is 1. The van der Waals surface area contributed by atoms with E-state index in [1.165, 1.54) is 30.9 Å². The summed E-state index contributed by atoms with van der Waals surface area (Å²) >= 11 is 0. The summed E-state index contributed by atoms with van der Waals surface area (Å²) < 4.78 is 16.5. The van der Waals surface area contributed by atoms with Gasteiger partial charge in [0, 0.05) is 44.3 Å². The van der Waals surface area contributed by atoms with Crippen LogP contribution in [-0.4, -0.2) is 41.4 Å². The first-order valence-corrected chi connectivity index (χ1v) is 12.0. The third kappa shape index (κ3) is 4.53. The van der Waals surface area contributed by atoms with E-state index in [2.05, 4.69) is 21.9 Å². The summed E-state index contributed by atoms with van der Waals surface area (Å²) in [6.45, 7) is 4.93. The van der Waals surface area contributed by atoms with Crippen LogP contribution in [0.4, 0.5) is 4.39 Å². The molecule has 0 unspecified atom stereocenters. The minimum Gasteiger partial charge on any atom is -0.335 e. The Morgan fingerprint density at radius 1 is 1.06 bits per heavy atom. The van der Waals surface area contributed by atoms with E-state index in [9.17, 15) is 9.18 Å². The Morgan fingerprint density at radius 2 is 1.82 bits per heavy atom. The van der Waals surface area contributed by atoms with Gasteiger partial charge in [-0.15, -0.1) is 12.4 Å². The Morgan fingerprint density at radius 3 is 2.58 bits per heavy atom. The number of rotatable bonds is 4. The molecule has 2 aliphatic rings. The summed E-state index contributed by atoms with van der Waals surface area (Å²) in [5.41, 5.74) is 5.96. The first-order valence-electron chi connectivity index (χ1n) is 12.0. The van der Waals surface area contributed by atoms with Crippen molar-refractivity contribution in [1.82, 2.24) is 14.6 Å². The van der Waals surface area contributed by atoms with Crippen LogP contribution in [0.25, 0.3) is 5.52 Å². The van der Waals surface area contributed by atoms with Gasteiger partial charge in [0.15, 0.2) is 0 Å². The summed E-state index contributed by atoms with van der Waals surface area (Å²) in [6, 6.07) is 11.5. The standard InChI is InChI=1S/C27H32FN3O.ClH/c1-19-21(10-7-11-23(19)28)18-22-25(20-8-3-2-4-9-20)24-12-5-6-15-31(24)26(22)27(32)30-16-13-29-14-17-30;/h5-7,10-12,15,20,29H,2-4,8-9,13-14,16-18H2,1H3;1H. The maximum Gasteiger partial charge on any atom is 0.271 e. The average molecular weight is 470 g/mol. The minimum atomic E-state index is -0.180. The van der Waals surface area contributed by atoms with Crippen molar-refractivity contribution < 1.29 is 9.18 Å². The van der Waals surface area contributed by atoms with E-state index in [0.717, 1.165) is 61.4 Å². The highest BCUT2D eigenvalue weighted by molar-refractivity contribution is 5.97. The molecule has 1 aromatic carbocycles. The summed E-state index contributed by atoms with van der Waals surface area (Å²) in [7, 11) is 0. The molecule has 2 fully saturated rings. The average Bonchev–Trinajstić information content (AvgIpc) is 3.16. The van der Waals surface area contributed by atoms with Crippen LogP contribution in [0, 0.1) is 12.7 Å². The highest BCUT2D eigenvalue weighted by Crippen LogP contribution is 2.40. The molecule has 2 aromatic heterocycles. The van der Waals surface area contributed by atoms with E-state index in [4.69, 9.17) is 0 Å². The van der Waals surface area contributed by atoms with Crippen LogP contribution in [0.15, 0.2) is 42.6 Å². The van der Waals surface area contributed by atoms with Crippen molar-refractivity contribution in [2.45, 2.75) is 51.4 Å². The van der Waals surface area contributed by atoms with Gasteiger partial charge in [-0.05, 0) is 66.1 Å². The van der Waals surface area contributed by atoms with Gasteiger partial charge in [-0.1, -0.05) is 37.5 Å². The number of piperazine rings is 1. The van der Waals surface area contributed by atoms with Crippen LogP contribution in [-0.2, 0) is 6.42 Å². The molecule has 3 aromatic rings. The molecule has 0 atom stereocenters. The van der Waals surface area contributed by atoms with Crippen molar-refractivity contribution in [3.05, 3.63) is 76.4 Å². The van der Waals surface area contributed by atoms with Crippen molar-refractivity contribution >= 4 is 23.8 Å². The molecule has 1 aliphatic carbocycles. The molecule has 1 saturated heterocycles. The van der Waals surface area contributed by atoms with Crippen LogP contribution in [0.3, 0.4) is 0 Å². The number of nitrogens with zero attached hydrogens (tertiary/aromatic N) is 2. The van der Waals surface area contributed by atoms with Crippen molar-refractivity contribution in [2.24, 2.45) is 0 Å². The van der Waals surface area contributed by atoms with Crippen LogP contribution in [0.1, 0.15) is 70.8 Å². The molecule has 4 nitrogen and oxygen atoms in total. The Balaban J connectivity index is 0.00000259. The molecule has 1 amide bonds. The molecule has 0 bridgehead atoms. The van der Waals surface area contributed by atoms with Crippen LogP contribution < -0.4 is 5.32 Å². The van der Waals surface area contributed by atoms with Crippen molar-refractivity contribution in [1.29, 1.82) is 0 Å². The van der Waals surface area contributed by atoms with Crippen molar-refractivity contribution in [3.63, 3.8) is 0 Å². The van der Waals surface area contributed by atoms with E-state index in [1.54, 1.807) is 6.07 Å². The molecule has 3 heterocycles. The number of benzene rings is 1. The maximum atomic E-state index is 14.4. The van der Waals surface area contributed by atoms with Crippen molar-refractivity contribution in [2.75, 3.05) is 26.2 Å². The number of carbonyl (C=O) groups excluding carboxylic acids is 1. The second kappa shape index (κ2) is 10.3. The molecule has 0 spiro atoms. The van der Waals surface area contributed by atoms with Gasteiger partial charge in [0.1, 0.15) is 11.5 Å². The largest absolute Gasteiger partial charge is 0.335 e. The van der Waals surface area contributed by atoms with Gasteiger partial charge in [0.25, 0.3) is 5.91 Å². The van der Waals surface area contributed by atoms with Crippen molar-refractivity contribution in [3.8, 4) is 0 Å². The molecule has 1 N–H and O–H groups in total. The number of hydrogen-bond donors (Lipinski definition) is 1. The van der Waals surface area contributed by atoms with Gasteiger partial charge >= 0.3 is 0 Å². The fraction of sp³-hybridized carbons (Fsp3) is 0.444. The second-order valence-electron chi connectivity index (χ2n) is 9.27. The third-order valence-electron chi connectivity index (χ3n) is 7.36. The topological polar surface area (TPSA) is 36.8 Å². The zero-order valence-corrected chi connectivity index (χ0v) is 20.1. The monoisotopic (exact) mass is 469 g/mol. The second-order valence-corrected chi connectivity index (χ2v) is 9.27. The zero-order valence-electron chi connectivity index (χ0n) is 19.3.